The number of methoxy groups -OCH3 is 1. The monoisotopic (exact) mass is 359 g/mol. The summed E-state index contributed by atoms with van der Waals surface area (Å²) in [5.41, 5.74) is 1.09. The maximum atomic E-state index is 12.3. The van der Waals surface area contributed by atoms with Crippen LogP contribution in [0.2, 0.25) is 0 Å². The van der Waals surface area contributed by atoms with Crippen LogP contribution >= 0.6 is 0 Å². The van der Waals surface area contributed by atoms with Crippen LogP contribution in [0.1, 0.15) is 25.3 Å². The number of hydrogen-bond acceptors (Lipinski definition) is 4. The first kappa shape index (κ1) is 18.7. The van der Waals surface area contributed by atoms with Crippen molar-refractivity contribution in [3.05, 3.63) is 29.8 Å². The summed E-state index contributed by atoms with van der Waals surface area (Å²) >= 11 is 0. The molecular formula is C20H29N3O3. The molecule has 0 radical (unpaired) electrons. The van der Waals surface area contributed by atoms with Crippen molar-refractivity contribution in [3.8, 4) is 5.75 Å². The molecule has 0 bridgehead atoms. The third-order valence-corrected chi connectivity index (χ3v) is 5.33. The number of rotatable bonds is 8. The Labute approximate surface area is 155 Å². The Bertz CT molecular complexity index is 645. The maximum Gasteiger partial charge on any atom is 0.234 e. The highest BCUT2D eigenvalue weighted by Gasteiger charge is 2.42. The summed E-state index contributed by atoms with van der Waals surface area (Å²) in [7, 11) is 1.66. The molecule has 2 fully saturated rings. The fraction of sp³-hybridized carbons (Fsp3) is 0.600. The van der Waals surface area contributed by atoms with E-state index in [1.54, 1.807) is 14.0 Å². The number of benzene rings is 1. The predicted molar refractivity (Wildman–Crippen MR) is 100.0 cm³/mol. The van der Waals surface area contributed by atoms with Gasteiger partial charge in [-0.2, -0.15) is 0 Å². The lowest BCUT2D eigenvalue weighted by Gasteiger charge is -2.18. The van der Waals surface area contributed by atoms with Crippen molar-refractivity contribution in [2.45, 2.75) is 32.2 Å². The van der Waals surface area contributed by atoms with Crippen LogP contribution in [0, 0.1) is 11.8 Å². The van der Waals surface area contributed by atoms with E-state index in [2.05, 4.69) is 15.5 Å². The molecular weight excluding hydrogens is 330 g/mol. The van der Waals surface area contributed by atoms with Gasteiger partial charge in [0.25, 0.3) is 0 Å². The number of carbonyl (C=O) groups excluding carboxylic acids is 2. The molecule has 2 amide bonds. The van der Waals surface area contributed by atoms with E-state index in [9.17, 15) is 9.59 Å². The van der Waals surface area contributed by atoms with Crippen LogP contribution in [0.25, 0.3) is 0 Å². The van der Waals surface area contributed by atoms with Gasteiger partial charge in [0.15, 0.2) is 0 Å². The third-order valence-electron chi connectivity index (χ3n) is 5.33. The number of ether oxygens (including phenoxy) is 1. The highest BCUT2D eigenvalue weighted by molar-refractivity contribution is 5.78. The molecule has 142 valence electrons. The molecule has 0 aromatic heterocycles. The Morgan fingerprint density at radius 2 is 2.00 bits per heavy atom. The molecule has 2 atom stereocenters. The van der Waals surface area contributed by atoms with E-state index in [1.807, 2.05) is 24.3 Å². The van der Waals surface area contributed by atoms with Crippen molar-refractivity contribution < 1.29 is 14.3 Å². The van der Waals surface area contributed by atoms with Gasteiger partial charge >= 0.3 is 0 Å². The molecule has 1 aromatic rings. The summed E-state index contributed by atoms with van der Waals surface area (Å²) in [6.45, 7) is 4.22. The van der Waals surface area contributed by atoms with Crippen LogP contribution < -0.4 is 15.4 Å². The molecule has 2 aliphatic rings. The van der Waals surface area contributed by atoms with E-state index < -0.39 is 0 Å². The molecule has 1 heterocycles. The molecule has 6 heteroatoms. The van der Waals surface area contributed by atoms with Gasteiger partial charge in [0, 0.05) is 32.6 Å². The predicted octanol–water partition coefficient (Wildman–Crippen LogP) is 1.20. The van der Waals surface area contributed by atoms with Crippen LogP contribution in [0.15, 0.2) is 24.3 Å². The number of likely N-dealkylation sites (tertiary alicyclic amines) is 1. The minimum absolute atomic E-state index is 0.0174. The number of nitrogens with zero attached hydrogens (tertiary/aromatic N) is 1. The zero-order valence-electron chi connectivity index (χ0n) is 15.7. The summed E-state index contributed by atoms with van der Waals surface area (Å²) in [4.78, 5) is 25.9. The minimum Gasteiger partial charge on any atom is -0.496 e. The minimum atomic E-state index is 0.0174. The standard InChI is InChI=1S/C20H29N3O3/c1-14(24)22-18-12-23(11-17(18)15-7-8-15)13-20(25)21-10-9-16-5-3-4-6-19(16)26-2/h3-6,15,17-18H,7-13H2,1-2H3,(H,21,25)(H,22,24)/t17-,18+/m0/s1. The number of amides is 2. The molecule has 0 spiro atoms. The summed E-state index contributed by atoms with van der Waals surface area (Å²) in [6.07, 6.45) is 3.24. The molecule has 0 unspecified atom stereocenters. The van der Waals surface area contributed by atoms with E-state index in [0.717, 1.165) is 30.8 Å². The molecule has 6 nitrogen and oxygen atoms in total. The molecule has 1 aliphatic heterocycles. The normalized spacial score (nSPS) is 22.8. The van der Waals surface area contributed by atoms with Gasteiger partial charge in [-0.3, -0.25) is 14.5 Å². The van der Waals surface area contributed by atoms with E-state index in [0.29, 0.717) is 24.9 Å². The van der Waals surface area contributed by atoms with Crippen LogP contribution in [0.4, 0.5) is 0 Å². The second kappa shape index (κ2) is 8.54. The lowest BCUT2D eigenvalue weighted by atomic mass is 9.98. The van der Waals surface area contributed by atoms with Crippen molar-refractivity contribution in [2.75, 3.05) is 33.3 Å². The fourth-order valence-corrected chi connectivity index (χ4v) is 3.96. The largest absolute Gasteiger partial charge is 0.496 e. The smallest absolute Gasteiger partial charge is 0.234 e. The molecule has 1 saturated carbocycles. The van der Waals surface area contributed by atoms with Gasteiger partial charge in [0.2, 0.25) is 11.8 Å². The highest BCUT2D eigenvalue weighted by Crippen LogP contribution is 2.41. The Balaban J connectivity index is 1.44. The van der Waals surface area contributed by atoms with Gasteiger partial charge in [-0.1, -0.05) is 18.2 Å². The average Bonchev–Trinajstić information content (AvgIpc) is 3.38. The van der Waals surface area contributed by atoms with Crippen molar-refractivity contribution in [1.82, 2.24) is 15.5 Å². The first-order valence-electron chi connectivity index (χ1n) is 9.45. The summed E-state index contributed by atoms with van der Waals surface area (Å²) in [6, 6.07) is 8.05. The average molecular weight is 359 g/mol. The van der Waals surface area contributed by atoms with E-state index in [1.165, 1.54) is 12.8 Å². The van der Waals surface area contributed by atoms with Gasteiger partial charge in [-0.25, -0.2) is 0 Å². The first-order valence-corrected chi connectivity index (χ1v) is 9.45. The summed E-state index contributed by atoms with van der Waals surface area (Å²) < 4.78 is 5.34. The first-order chi connectivity index (χ1) is 12.6. The Kier molecular flexibility index (Phi) is 6.14. The quantitative estimate of drug-likeness (QED) is 0.732. The topological polar surface area (TPSA) is 70.7 Å². The maximum absolute atomic E-state index is 12.3. The van der Waals surface area contributed by atoms with E-state index in [4.69, 9.17) is 4.74 Å². The fourth-order valence-electron chi connectivity index (χ4n) is 3.96. The van der Waals surface area contributed by atoms with E-state index in [-0.39, 0.29) is 17.9 Å². The van der Waals surface area contributed by atoms with Gasteiger partial charge in [-0.05, 0) is 42.7 Å². The lowest BCUT2D eigenvalue weighted by molar-refractivity contribution is -0.122. The summed E-state index contributed by atoms with van der Waals surface area (Å²) in [5, 5.41) is 6.07. The molecule has 1 aromatic carbocycles. The number of nitrogens with one attached hydrogen (secondary N) is 2. The van der Waals surface area contributed by atoms with Crippen molar-refractivity contribution in [2.24, 2.45) is 11.8 Å². The molecule has 26 heavy (non-hydrogen) atoms. The SMILES string of the molecule is COc1ccccc1CCNC(=O)CN1C[C@@H](NC(C)=O)[C@H](C2CC2)C1. The van der Waals surface area contributed by atoms with Gasteiger partial charge in [-0.15, -0.1) is 0 Å². The van der Waals surface area contributed by atoms with Gasteiger partial charge in [0.1, 0.15) is 5.75 Å². The summed E-state index contributed by atoms with van der Waals surface area (Å²) in [5.74, 6) is 2.11. The Morgan fingerprint density at radius 1 is 1.23 bits per heavy atom. The van der Waals surface area contributed by atoms with Crippen LogP contribution in [0.3, 0.4) is 0 Å². The molecule has 3 rings (SSSR count). The third kappa shape index (κ3) is 4.97. The Morgan fingerprint density at radius 3 is 2.69 bits per heavy atom. The molecule has 2 N–H and O–H groups in total. The zero-order valence-corrected chi connectivity index (χ0v) is 15.7. The Hall–Kier alpha value is -2.08. The second-order valence-corrected chi connectivity index (χ2v) is 7.41. The van der Waals surface area contributed by atoms with Crippen molar-refractivity contribution in [3.63, 3.8) is 0 Å². The lowest BCUT2D eigenvalue weighted by Crippen LogP contribution is -2.41. The van der Waals surface area contributed by atoms with Crippen molar-refractivity contribution >= 4 is 11.8 Å². The zero-order chi connectivity index (χ0) is 18.5. The van der Waals surface area contributed by atoms with Gasteiger partial charge in [0.05, 0.1) is 13.7 Å². The van der Waals surface area contributed by atoms with Crippen LogP contribution in [-0.2, 0) is 16.0 Å². The van der Waals surface area contributed by atoms with Crippen molar-refractivity contribution in [1.29, 1.82) is 0 Å². The molecule has 1 saturated heterocycles. The number of para-hydroxylation sites is 1. The van der Waals surface area contributed by atoms with E-state index >= 15 is 0 Å². The van der Waals surface area contributed by atoms with Gasteiger partial charge < -0.3 is 15.4 Å². The number of carbonyl (C=O) groups is 2. The van der Waals surface area contributed by atoms with Crippen LogP contribution in [0.5, 0.6) is 5.75 Å². The molecule has 1 aliphatic carbocycles. The second-order valence-electron chi connectivity index (χ2n) is 7.41. The highest BCUT2D eigenvalue weighted by atomic mass is 16.5. The van der Waals surface area contributed by atoms with Crippen LogP contribution in [-0.4, -0.2) is 56.0 Å². The number of hydrogen-bond donors (Lipinski definition) is 2.